The zero-order valence-electron chi connectivity index (χ0n) is 8.96. The van der Waals surface area contributed by atoms with E-state index < -0.39 is 0 Å². The molecule has 0 radical (unpaired) electrons. The number of rotatable bonds is 2. The van der Waals surface area contributed by atoms with E-state index in [-0.39, 0.29) is 11.6 Å². The van der Waals surface area contributed by atoms with Crippen molar-refractivity contribution in [2.24, 2.45) is 0 Å². The minimum atomic E-state index is -0.381. The summed E-state index contributed by atoms with van der Waals surface area (Å²) in [6.45, 7) is 3.59. The highest BCUT2D eigenvalue weighted by molar-refractivity contribution is 6.06. The van der Waals surface area contributed by atoms with Gasteiger partial charge in [-0.05, 0) is 13.8 Å². The summed E-state index contributed by atoms with van der Waals surface area (Å²) in [5.74, 6) is 0.0657. The third-order valence-corrected chi connectivity index (χ3v) is 2.16. The number of anilines is 2. The van der Waals surface area contributed by atoms with Gasteiger partial charge in [0.05, 0.1) is 11.4 Å². The van der Waals surface area contributed by atoms with Crippen LogP contribution in [0.5, 0.6) is 0 Å². The van der Waals surface area contributed by atoms with Crippen molar-refractivity contribution < 1.29 is 4.79 Å². The number of carbonyl (C=O) groups excluding carboxylic acids is 1. The van der Waals surface area contributed by atoms with Gasteiger partial charge >= 0.3 is 0 Å². The van der Waals surface area contributed by atoms with Crippen molar-refractivity contribution in [2.75, 3.05) is 11.1 Å². The number of nitrogens with two attached hydrogens (primary N) is 1. The largest absolute Gasteiger partial charge is 0.395 e. The Morgan fingerprint density at radius 2 is 2.12 bits per heavy atom. The minimum absolute atomic E-state index is 0.179. The quantitative estimate of drug-likeness (QED) is 0.593. The maximum atomic E-state index is 11.7. The highest BCUT2D eigenvalue weighted by Crippen LogP contribution is 2.14. The monoisotopic (exact) mass is 220 g/mol. The standard InChI is InChI=1S/C9H12N6O/c1-4-3-6(14-12-4)11-9(16)8-7(10)5(2)13-15-8/h3H,10H2,1-2H3,(H,13,15)(H2,11,12,14,16). The summed E-state index contributed by atoms with van der Waals surface area (Å²) in [5.41, 5.74) is 7.74. The van der Waals surface area contributed by atoms with Gasteiger partial charge in [-0.25, -0.2) is 0 Å². The number of H-pyrrole nitrogens is 2. The van der Waals surface area contributed by atoms with Crippen LogP contribution in [-0.4, -0.2) is 26.3 Å². The van der Waals surface area contributed by atoms with E-state index in [2.05, 4.69) is 25.7 Å². The molecule has 16 heavy (non-hydrogen) atoms. The average molecular weight is 220 g/mol. The van der Waals surface area contributed by atoms with Gasteiger partial charge in [-0.2, -0.15) is 10.2 Å². The Morgan fingerprint density at radius 3 is 2.62 bits per heavy atom. The van der Waals surface area contributed by atoms with E-state index in [1.807, 2.05) is 6.92 Å². The summed E-state index contributed by atoms with van der Waals surface area (Å²) in [7, 11) is 0. The number of hydrogen-bond donors (Lipinski definition) is 4. The first-order valence-corrected chi connectivity index (χ1v) is 4.71. The average Bonchev–Trinajstić information content (AvgIpc) is 2.76. The van der Waals surface area contributed by atoms with Crippen molar-refractivity contribution in [2.45, 2.75) is 13.8 Å². The van der Waals surface area contributed by atoms with E-state index in [9.17, 15) is 4.79 Å². The summed E-state index contributed by atoms with van der Waals surface area (Å²) < 4.78 is 0. The SMILES string of the molecule is Cc1cc(NC(=O)c2n[nH]c(C)c2N)n[nH]1. The lowest BCUT2D eigenvalue weighted by Crippen LogP contribution is -2.14. The molecular formula is C9H12N6O. The van der Waals surface area contributed by atoms with Crippen molar-refractivity contribution >= 4 is 17.4 Å². The molecule has 0 atom stereocenters. The van der Waals surface area contributed by atoms with Gasteiger partial charge in [-0.3, -0.25) is 15.0 Å². The molecule has 0 saturated carbocycles. The summed E-state index contributed by atoms with van der Waals surface area (Å²) in [6, 6.07) is 1.72. The van der Waals surface area contributed by atoms with E-state index >= 15 is 0 Å². The Labute approximate surface area is 91.4 Å². The molecule has 7 nitrogen and oxygen atoms in total. The molecule has 1 amide bonds. The van der Waals surface area contributed by atoms with Crippen LogP contribution < -0.4 is 11.1 Å². The minimum Gasteiger partial charge on any atom is -0.395 e. The molecule has 84 valence electrons. The molecular weight excluding hydrogens is 208 g/mol. The molecule has 0 spiro atoms. The van der Waals surface area contributed by atoms with Crippen LogP contribution in [0.1, 0.15) is 21.9 Å². The lowest BCUT2D eigenvalue weighted by atomic mass is 10.3. The highest BCUT2D eigenvalue weighted by Gasteiger charge is 2.16. The van der Waals surface area contributed by atoms with Crippen LogP contribution in [0.25, 0.3) is 0 Å². The van der Waals surface area contributed by atoms with Gasteiger partial charge in [0, 0.05) is 11.8 Å². The molecule has 2 aromatic heterocycles. The Morgan fingerprint density at radius 1 is 1.38 bits per heavy atom. The fourth-order valence-corrected chi connectivity index (χ4v) is 1.27. The first-order chi connectivity index (χ1) is 7.58. The van der Waals surface area contributed by atoms with Gasteiger partial charge in [0.2, 0.25) is 0 Å². The van der Waals surface area contributed by atoms with Crippen molar-refractivity contribution in [3.8, 4) is 0 Å². The number of nitrogens with zero attached hydrogens (tertiary/aromatic N) is 2. The van der Waals surface area contributed by atoms with Gasteiger partial charge in [-0.1, -0.05) is 0 Å². The Balaban J connectivity index is 2.18. The maximum absolute atomic E-state index is 11.7. The van der Waals surface area contributed by atoms with Gasteiger partial charge in [0.15, 0.2) is 11.5 Å². The van der Waals surface area contributed by atoms with Crippen LogP contribution >= 0.6 is 0 Å². The summed E-state index contributed by atoms with van der Waals surface area (Å²) in [4.78, 5) is 11.7. The van der Waals surface area contributed by atoms with Crippen LogP contribution in [0.15, 0.2) is 6.07 Å². The molecule has 0 aliphatic heterocycles. The number of aryl methyl sites for hydroxylation is 2. The molecule has 0 saturated heterocycles. The summed E-state index contributed by atoms with van der Waals surface area (Å²) >= 11 is 0. The predicted molar refractivity (Wildman–Crippen MR) is 59.0 cm³/mol. The predicted octanol–water partition coefficient (Wildman–Crippen LogP) is 0.584. The number of amides is 1. The number of hydrogen-bond acceptors (Lipinski definition) is 4. The van der Waals surface area contributed by atoms with Gasteiger partial charge in [-0.15, -0.1) is 0 Å². The van der Waals surface area contributed by atoms with Crippen LogP contribution in [0.2, 0.25) is 0 Å². The molecule has 2 heterocycles. The number of aromatic amines is 2. The second-order valence-electron chi connectivity index (χ2n) is 3.50. The first kappa shape index (κ1) is 10.2. The molecule has 7 heteroatoms. The zero-order valence-corrected chi connectivity index (χ0v) is 8.96. The number of nitrogen functional groups attached to an aromatic ring is 1. The van der Waals surface area contributed by atoms with E-state index in [0.29, 0.717) is 17.2 Å². The smallest absolute Gasteiger partial charge is 0.279 e. The molecule has 0 aromatic carbocycles. The van der Waals surface area contributed by atoms with Gasteiger partial charge in [0.1, 0.15) is 0 Å². The van der Waals surface area contributed by atoms with Crippen molar-refractivity contribution in [1.29, 1.82) is 0 Å². The van der Waals surface area contributed by atoms with E-state index in [1.165, 1.54) is 0 Å². The summed E-state index contributed by atoms with van der Waals surface area (Å²) in [5, 5.41) is 15.7. The molecule has 5 N–H and O–H groups in total. The number of carbonyl (C=O) groups is 1. The van der Waals surface area contributed by atoms with Gasteiger partial charge in [0.25, 0.3) is 5.91 Å². The third-order valence-electron chi connectivity index (χ3n) is 2.16. The fraction of sp³-hybridized carbons (Fsp3) is 0.222. The zero-order chi connectivity index (χ0) is 11.7. The Hall–Kier alpha value is -2.31. The maximum Gasteiger partial charge on any atom is 0.279 e. The molecule has 0 bridgehead atoms. The Bertz CT molecular complexity index is 526. The fourth-order valence-electron chi connectivity index (χ4n) is 1.27. The van der Waals surface area contributed by atoms with Crippen LogP contribution in [0.3, 0.4) is 0 Å². The molecule has 0 unspecified atom stereocenters. The second kappa shape index (κ2) is 3.69. The van der Waals surface area contributed by atoms with E-state index in [4.69, 9.17) is 5.73 Å². The Kier molecular flexibility index (Phi) is 2.35. The van der Waals surface area contributed by atoms with Crippen molar-refractivity contribution in [1.82, 2.24) is 20.4 Å². The topological polar surface area (TPSA) is 112 Å². The molecule has 2 aromatic rings. The number of nitrogens with one attached hydrogen (secondary N) is 3. The first-order valence-electron chi connectivity index (χ1n) is 4.71. The lowest BCUT2D eigenvalue weighted by molar-refractivity contribution is 0.102. The summed E-state index contributed by atoms with van der Waals surface area (Å²) in [6.07, 6.45) is 0. The second-order valence-corrected chi connectivity index (χ2v) is 3.50. The van der Waals surface area contributed by atoms with E-state index in [1.54, 1.807) is 13.0 Å². The molecule has 0 aliphatic carbocycles. The van der Waals surface area contributed by atoms with E-state index in [0.717, 1.165) is 5.69 Å². The van der Waals surface area contributed by atoms with Gasteiger partial charge < -0.3 is 11.1 Å². The number of aromatic nitrogens is 4. The molecule has 0 fully saturated rings. The highest BCUT2D eigenvalue weighted by atomic mass is 16.2. The van der Waals surface area contributed by atoms with Crippen LogP contribution in [0.4, 0.5) is 11.5 Å². The van der Waals surface area contributed by atoms with Crippen molar-refractivity contribution in [3.05, 3.63) is 23.1 Å². The molecule has 2 rings (SSSR count). The van der Waals surface area contributed by atoms with Crippen LogP contribution in [-0.2, 0) is 0 Å². The van der Waals surface area contributed by atoms with Crippen molar-refractivity contribution in [3.63, 3.8) is 0 Å². The molecule has 0 aliphatic rings. The lowest BCUT2D eigenvalue weighted by Gasteiger charge is -1.98. The van der Waals surface area contributed by atoms with Crippen LogP contribution in [0, 0.1) is 13.8 Å². The normalized spacial score (nSPS) is 10.4. The third kappa shape index (κ3) is 1.74.